The van der Waals surface area contributed by atoms with Crippen molar-refractivity contribution < 1.29 is 4.79 Å². The molecule has 1 aliphatic heterocycles. The number of pyridine rings is 1. The van der Waals surface area contributed by atoms with Gasteiger partial charge >= 0.3 is 0 Å². The molecule has 0 aromatic carbocycles. The lowest BCUT2D eigenvalue weighted by Gasteiger charge is -2.26. The zero-order chi connectivity index (χ0) is 14.0. The molecule has 0 aliphatic carbocycles. The highest BCUT2D eigenvalue weighted by Crippen LogP contribution is 2.27. The molecule has 6 heteroatoms. The molecule has 1 unspecified atom stereocenters. The van der Waals surface area contributed by atoms with Crippen LogP contribution in [0.1, 0.15) is 24.1 Å². The average molecular weight is 278 g/mol. The monoisotopic (exact) mass is 278 g/mol. The Balaban J connectivity index is 2.42. The highest BCUT2D eigenvalue weighted by atomic mass is 32.1. The van der Waals surface area contributed by atoms with Crippen LogP contribution < -0.4 is 16.0 Å². The van der Waals surface area contributed by atoms with Gasteiger partial charge in [-0.3, -0.25) is 4.79 Å². The summed E-state index contributed by atoms with van der Waals surface area (Å²) in [7, 11) is 1.65. The number of hydrogen-bond donors (Lipinski definition) is 2. The summed E-state index contributed by atoms with van der Waals surface area (Å²) >= 11 is 5.07. The van der Waals surface area contributed by atoms with Crippen LogP contribution in [0.15, 0.2) is 12.1 Å². The van der Waals surface area contributed by atoms with Crippen LogP contribution in [0.3, 0.4) is 0 Å². The molecule has 19 heavy (non-hydrogen) atoms. The number of amides is 1. The van der Waals surface area contributed by atoms with Crippen molar-refractivity contribution >= 4 is 28.9 Å². The van der Waals surface area contributed by atoms with Crippen molar-refractivity contribution in [1.82, 2.24) is 10.3 Å². The summed E-state index contributed by atoms with van der Waals surface area (Å²) in [4.78, 5) is 18.8. The van der Waals surface area contributed by atoms with E-state index in [0.717, 1.165) is 36.5 Å². The normalized spacial score (nSPS) is 18.4. The molecule has 0 bridgehead atoms. The van der Waals surface area contributed by atoms with E-state index in [4.69, 9.17) is 18.0 Å². The summed E-state index contributed by atoms with van der Waals surface area (Å²) in [6, 6.07) is 3.56. The fraction of sp³-hybridized carbons (Fsp3) is 0.462. The van der Waals surface area contributed by atoms with Crippen LogP contribution in [-0.4, -0.2) is 35.5 Å². The molecular weight excluding hydrogens is 260 g/mol. The number of hydrogen-bond acceptors (Lipinski definition) is 4. The summed E-state index contributed by atoms with van der Waals surface area (Å²) in [5, 5.41) is 2.70. The molecule has 0 radical (unpaired) electrons. The van der Waals surface area contributed by atoms with Gasteiger partial charge in [0.05, 0.1) is 5.56 Å². The van der Waals surface area contributed by atoms with Gasteiger partial charge in [0.1, 0.15) is 16.8 Å². The predicted octanol–water partition coefficient (Wildman–Crippen LogP) is 0.739. The fourth-order valence-electron chi connectivity index (χ4n) is 2.41. The van der Waals surface area contributed by atoms with Gasteiger partial charge in [0.25, 0.3) is 0 Å². The molecule has 5 nitrogen and oxygen atoms in total. The molecule has 1 fully saturated rings. The highest BCUT2D eigenvalue weighted by Gasteiger charge is 2.32. The van der Waals surface area contributed by atoms with Crippen molar-refractivity contribution in [2.75, 3.05) is 18.5 Å². The molecule has 1 aliphatic rings. The lowest BCUT2D eigenvalue weighted by Crippen LogP contribution is -2.43. The third-order valence-electron chi connectivity index (χ3n) is 3.35. The number of aryl methyl sites for hydroxylation is 1. The molecule has 2 rings (SSSR count). The van der Waals surface area contributed by atoms with Gasteiger partial charge in [-0.15, -0.1) is 0 Å². The molecule has 0 saturated carbocycles. The van der Waals surface area contributed by atoms with Crippen molar-refractivity contribution in [1.29, 1.82) is 0 Å². The van der Waals surface area contributed by atoms with Gasteiger partial charge < -0.3 is 16.0 Å². The van der Waals surface area contributed by atoms with Crippen molar-refractivity contribution in [3.05, 3.63) is 23.4 Å². The maximum absolute atomic E-state index is 11.9. The van der Waals surface area contributed by atoms with Crippen LogP contribution in [0.25, 0.3) is 0 Å². The number of thiocarbonyl (C=S) groups is 1. The Labute approximate surface area is 118 Å². The summed E-state index contributed by atoms with van der Waals surface area (Å²) in [6.07, 6.45) is 1.79. The maximum Gasteiger partial charge on any atom is 0.242 e. The summed E-state index contributed by atoms with van der Waals surface area (Å²) in [5.74, 6) is 0.730. The molecule has 3 N–H and O–H groups in total. The Morgan fingerprint density at radius 1 is 1.58 bits per heavy atom. The molecule has 1 amide bonds. The number of nitrogens with two attached hydrogens (primary N) is 1. The lowest BCUT2D eigenvalue weighted by molar-refractivity contribution is -0.121. The van der Waals surface area contributed by atoms with Crippen molar-refractivity contribution in [3.8, 4) is 0 Å². The average Bonchev–Trinajstić information content (AvgIpc) is 2.86. The molecule has 102 valence electrons. The summed E-state index contributed by atoms with van der Waals surface area (Å²) in [6.45, 7) is 2.71. The van der Waals surface area contributed by atoms with Crippen molar-refractivity contribution in [2.45, 2.75) is 25.8 Å². The number of carbonyl (C=O) groups excluding carboxylic acids is 1. The van der Waals surface area contributed by atoms with E-state index in [2.05, 4.69) is 10.3 Å². The van der Waals surface area contributed by atoms with E-state index in [-0.39, 0.29) is 11.9 Å². The largest absolute Gasteiger partial charge is 0.389 e. The third kappa shape index (κ3) is 2.68. The standard InChI is InChI=1S/C13H18N4OS/c1-8-5-6-9(11(14)19)12(16-8)17-7-3-4-10(17)13(18)15-2/h5-6,10H,3-4,7H2,1-2H3,(H2,14,19)(H,15,18). The number of rotatable bonds is 3. The molecule has 2 heterocycles. The topological polar surface area (TPSA) is 71.2 Å². The Hall–Kier alpha value is -1.69. The van der Waals surface area contributed by atoms with Crippen LogP contribution in [-0.2, 0) is 4.79 Å². The number of likely N-dealkylation sites (N-methyl/N-ethyl adjacent to an activating group) is 1. The van der Waals surface area contributed by atoms with E-state index in [1.807, 2.05) is 24.0 Å². The zero-order valence-electron chi connectivity index (χ0n) is 11.1. The van der Waals surface area contributed by atoms with Gasteiger partial charge in [0.15, 0.2) is 0 Å². The van der Waals surface area contributed by atoms with E-state index in [0.29, 0.717) is 4.99 Å². The Morgan fingerprint density at radius 2 is 2.32 bits per heavy atom. The van der Waals surface area contributed by atoms with Gasteiger partial charge in [-0.2, -0.15) is 0 Å². The van der Waals surface area contributed by atoms with Crippen molar-refractivity contribution in [2.24, 2.45) is 5.73 Å². The van der Waals surface area contributed by atoms with Crippen LogP contribution in [0.2, 0.25) is 0 Å². The number of anilines is 1. The van der Waals surface area contributed by atoms with Gasteiger partial charge in [-0.1, -0.05) is 12.2 Å². The van der Waals surface area contributed by atoms with E-state index in [1.165, 1.54) is 0 Å². The lowest BCUT2D eigenvalue weighted by atomic mass is 10.1. The second-order valence-corrected chi connectivity index (χ2v) is 5.09. The first-order valence-electron chi connectivity index (χ1n) is 6.30. The van der Waals surface area contributed by atoms with E-state index < -0.39 is 0 Å². The number of carbonyl (C=O) groups is 1. The first kappa shape index (κ1) is 13.7. The van der Waals surface area contributed by atoms with E-state index in [1.54, 1.807) is 7.05 Å². The third-order valence-corrected chi connectivity index (χ3v) is 3.57. The minimum absolute atomic E-state index is 0.00898. The molecule has 1 aromatic rings. The molecule has 1 aromatic heterocycles. The van der Waals surface area contributed by atoms with Crippen molar-refractivity contribution in [3.63, 3.8) is 0 Å². The predicted molar refractivity (Wildman–Crippen MR) is 79.3 cm³/mol. The minimum atomic E-state index is -0.188. The van der Waals surface area contributed by atoms with Crippen LogP contribution in [0, 0.1) is 6.92 Å². The molecule has 1 saturated heterocycles. The van der Waals surface area contributed by atoms with Gasteiger partial charge in [-0.25, -0.2) is 4.98 Å². The second-order valence-electron chi connectivity index (χ2n) is 4.65. The van der Waals surface area contributed by atoms with Crippen LogP contribution in [0.4, 0.5) is 5.82 Å². The van der Waals surface area contributed by atoms with Gasteiger partial charge in [0, 0.05) is 19.3 Å². The maximum atomic E-state index is 11.9. The molecule has 1 atom stereocenters. The van der Waals surface area contributed by atoms with Gasteiger partial charge in [-0.05, 0) is 31.9 Å². The van der Waals surface area contributed by atoms with E-state index in [9.17, 15) is 4.79 Å². The first-order chi connectivity index (χ1) is 9.04. The smallest absolute Gasteiger partial charge is 0.242 e. The number of nitrogens with one attached hydrogen (secondary N) is 1. The van der Waals surface area contributed by atoms with Gasteiger partial charge in [0.2, 0.25) is 5.91 Å². The zero-order valence-corrected chi connectivity index (χ0v) is 12.0. The fourth-order valence-corrected chi connectivity index (χ4v) is 2.57. The second kappa shape index (κ2) is 5.52. The molecule has 0 spiro atoms. The quantitative estimate of drug-likeness (QED) is 0.798. The number of aromatic nitrogens is 1. The van der Waals surface area contributed by atoms with Crippen LogP contribution >= 0.6 is 12.2 Å². The molecular formula is C13H18N4OS. The highest BCUT2D eigenvalue weighted by molar-refractivity contribution is 7.80. The summed E-state index contributed by atoms with van der Waals surface area (Å²) < 4.78 is 0. The Kier molecular flexibility index (Phi) is 3.99. The van der Waals surface area contributed by atoms with E-state index >= 15 is 0 Å². The first-order valence-corrected chi connectivity index (χ1v) is 6.71. The summed E-state index contributed by atoms with van der Waals surface area (Å²) in [5.41, 5.74) is 7.37. The van der Waals surface area contributed by atoms with Crippen LogP contribution in [0.5, 0.6) is 0 Å². The SMILES string of the molecule is CNC(=O)C1CCCN1c1nc(C)ccc1C(N)=S. The Bertz CT molecular complexity index is 517. The number of nitrogens with zero attached hydrogens (tertiary/aromatic N) is 2. The minimum Gasteiger partial charge on any atom is -0.389 e. The Morgan fingerprint density at radius 3 is 2.95 bits per heavy atom.